The van der Waals surface area contributed by atoms with E-state index in [9.17, 15) is 14.4 Å². The van der Waals surface area contributed by atoms with Crippen molar-refractivity contribution in [3.05, 3.63) is 59.7 Å². The number of ether oxygens (including phenoxy) is 2. The Labute approximate surface area is 216 Å². The summed E-state index contributed by atoms with van der Waals surface area (Å²) in [5, 5.41) is 3.05. The van der Waals surface area contributed by atoms with Gasteiger partial charge in [0.05, 0.1) is 37.5 Å². The van der Waals surface area contributed by atoms with Crippen LogP contribution in [-0.2, 0) is 32.1 Å². The molecule has 0 spiro atoms. The number of piperidine rings is 1. The van der Waals surface area contributed by atoms with Gasteiger partial charge in [0.25, 0.3) is 0 Å². The number of likely N-dealkylation sites (N-methyl/N-ethyl adjacent to an activating group) is 1. The molecule has 0 saturated carbocycles. The number of nitrogens with one attached hydrogen (secondary N) is 1. The van der Waals surface area contributed by atoms with Crippen molar-refractivity contribution in [2.75, 3.05) is 38.2 Å². The maximum atomic E-state index is 13.0. The van der Waals surface area contributed by atoms with Gasteiger partial charge in [0.2, 0.25) is 17.7 Å². The molecule has 2 atom stereocenters. The first-order valence-electron chi connectivity index (χ1n) is 12.3. The van der Waals surface area contributed by atoms with E-state index in [-0.39, 0.29) is 42.8 Å². The first-order valence-corrected chi connectivity index (χ1v) is 13.7. The maximum absolute atomic E-state index is 13.0. The highest BCUT2D eigenvalue weighted by Gasteiger charge is 2.33. The summed E-state index contributed by atoms with van der Waals surface area (Å²) >= 11 is 1.48. The van der Waals surface area contributed by atoms with Gasteiger partial charge in [0, 0.05) is 19.6 Å². The fraction of sp³-hybridized carbons (Fsp3) is 0.444. The molecule has 4 bridgehead atoms. The number of carbonyl (C=O) groups is 3. The summed E-state index contributed by atoms with van der Waals surface area (Å²) in [6.45, 7) is 3.53. The van der Waals surface area contributed by atoms with Crippen molar-refractivity contribution >= 4 is 29.5 Å². The molecule has 9 heteroatoms. The van der Waals surface area contributed by atoms with Gasteiger partial charge in [0.15, 0.2) is 0 Å². The lowest BCUT2D eigenvalue weighted by Crippen LogP contribution is -2.58. The van der Waals surface area contributed by atoms with Crippen LogP contribution in [0.15, 0.2) is 48.5 Å². The molecule has 2 aromatic rings. The van der Waals surface area contributed by atoms with E-state index < -0.39 is 0 Å². The second kappa shape index (κ2) is 12.3. The molecule has 2 aromatic carbocycles. The molecule has 1 saturated heterocycles. The zero-order valence-corrected chi connectivity index (χ0v) is 21.6. The van der Waals surface area contributed by atoms with Gasteiger partial charge >= 0.3 is 0 Å². The molecular weight excluding hydrogens is 478 g/mol. The predicted octanol–water partition coefficient (Wildman–Crippen LogP) is 2.85. The average Bonchev–Trinajstić information content (AvgIpc) is 2.86. The molecule has 1 N–H and O–H groups in total. The molecule has 8 nitrogen and oxygen atoms in total. The Morgan fingerprint density at radius 2 is 1.83 bits per heavy atom. The maximum Gasteiger partial charge on any atom is 0.239 e. The molecule has 36 heavy (non-hydrogen) atoms. The fourth-order valence-corrected chi connectivity index (χ4v) is 4.99. The van der Waals surface area contributed by atoms with E-state index in [0.29, 0.717) is 49.9 Å². The van der Waals surface area contributed by atoms with Gasteiger partial charge in [-0.25, -0.2) is 0 Å². The van der Waals surface area contributed by atoms with E-state index in [4.69, 9.17) is 9.47 Å². The zero-order chi connectivity index (χ0) is 25.5. The number of carbonyl (C=O) groups excluding carboxylic acids is 3. The monoisotopic (exact) mass is 511 g/mol. The Kier molecular flexibility index (Phi) is 8.88. The number of rotatable bonds is 3. The molecule has 3 amide bonds. The number of nitrogens with zero attached hydrogens (tertiary/aromatic N) is 2. The topological polar surface area (TPSA) is 88.2 Å². The first-order chi connectivity index (χ1) is 17.4. The van der Waals surface area contributed by atoms with E-state index in [1.165, 1.54) is 11.8 Å². The standard InChI is InChI=1S/C27H33N3O5S/c1-3-29-16-25(31)28-23-15-30(27(33)18-36-2)11-10-24(23)34-17-20-7-5-9-22(13-20)35-21-8-4-6-19(12-21)14-26(29)32/h4-9,12-13,23-24H,3,10-11,14-18H2,1-2H3,(H,28,31)/t23-,24-/m0/s1. The number of hydrogen-bond donors (Lipinski definition) is 1. The second-order valence-electron chi connectivity index (χ2n) is 9.07. The Hall–Kier alpha value is -3.04. The van der Waals surface area contributed by atoms with Gasteiger partial charge < -0.3 is 24.6 Å². The normalized spacial score (nSPS) is 21.2. The van der Waals surface area contributed by atoms with Crippen LogP contribution in [0.3, 0.4) is 0 Å². The third-order valence-electron chi connectivity index (χ3n) is 6.44. The van der Waals surface area contributed by atoms with Crippen LogP contribution in [0.2, 0.25) is 0 Å². The summed E-state index contributed by atoms with van der Waals surface area (Å²) in [6.07, 6.45) is 2.43. The highest BCUT2D eigenvalue weighted by atomic mass is 32.2. The number of benzene rings is 2. The van der Waals surface area contributed by atoms with Crippen LogP contribution in [0.4, 0.5) is 0 Å². The quantitative estimate of drug-likeness (QED) is 0.682. The number of thioether (sulfide) groups is 1. The van der Waals surface area contributed by atoms with Gasteiger partial charge in [-0.15, -0.1) is 0 Å². The van der Waals surface area contributed by atoms with Crippen molar-refractivity contribution in [3.8, 4) is 11.5 Å². The minimum Gasteiger partial charge on any atom is -0.457 e. The summed E-state index contributed by atoms with van der Waals surface area (Å²) < 4.78 is 12.3. The van der Waals surface area contributed by atoms with E-state index in [0.717, 1.165) is 11.1 Å². The summed E-state index contributed by atoms with van der Waals surface area (Å²) in [6, 6.07) is 14.8. The zero-order valence-electron chi connectivity index (χ0n) is 20.8. The van der Waals surface area contributed by atoms with Gasteiger partial charge in [-0.2, -0.15) is 11.8 Å². The predicted molar refractivity (Wildman–Crippen MR) is 139 cm³/mol. The molecule has 0 aliphatic carbocycles. The molecule has 2 aliphatic heterocycles. The van der Waals surface area contributed by atoms with Crippen molar-refractivity contribution in [3.63, 3.8) is 0 Å². The van der Waals surface area contributed by atoms with E-state index >= 15 is 0 Å². The molecule has 192 valence electrons. The van der Waals surface area contributed by atoms with Crippen LogP contribution in [0.25, 0.3) is 0 Å². The number of hydrogen-bond acceptors (Lipinski definition) is 6. The lowest BCUT2D eigenvalue weighted by Gasteiger charge is -2.39. The van der Waals surface area contributed by atoms with Gasteiger partial charge in [-0.1, -0.05) is 24.3 Å². The Bertz CT molecular complexity index is 1090. The van der Waals surface area contributed by atoms with Crippen LogP contribution >= 0.6 is 11.8 Å². The SMILES string of the molecule is CCN1CC(=O)N[C@H]2CN(C(=O)CSC)CC[C@@H]2OCc2cccc(c2)Oc2cccc(c2)CC1=O. The summed E-state index contributed by atoms with van der Waals surface area (Å²) in [4.78, 5) is 41.9. The Morgan fingerprint density at radius 1 is 1.11 bits per heavy atom. The molecule has 0 radical (unpaired) electrons. The first kappa shape index (κ1) is 26.0. The van der Waals surface area contributed by atoms with Gasteiger partial charge in [0.1, 0.15) is 11.5 Å². The highest BCUT2D eigenvalue weighted by Crippen LogP contribution is 2.25. The van der Waals surface area contributed by atoms with Crippen LogP contribution in [0, 0.1) is 0 Å². The third kappa shape index (κ3) is 6.79. The average molecular weight is 512 g/mol. The summed E-state index contributed by atoms with van der Waals surface area (Å²) in [5.74, 6) is 1.39. The molecule has 1 fully saturated rings. The number of fused-ring (bicyclic) bond motifs is 5. The van der Waals surface area contributed by atoms with Crippen molar-refractivity contribution in [2.24, 2.45) is 0 Å². The third-order valence-corrected chi connectivity index (χ3v) is 6.97. The molecule has 0 aromatic heterocycles. The second-order valence-corrected chi connectivity index (χ2v) is 9.93. The van der Waals surface area contributed by atoms with Crippen molar-refractivity contribution in [2.45, 2.75) is 38.5 Å². The summed E-state index contributed by atoms with van der Waals surface area (Å²) in [7, 11) is 0. The van der Waals surface area contributed by atoms with Crippen LogP contribution in [0.1, 0.15) is 24.5 Å². The Morgan fingerprint density at radius 3 is 2.56 bits per heavy atom. The largest absolute Gasteiger partial charge is 0.457 e. The highest BCUT2D eigenvalue weighted by molar-refractivity contribution is 7.99. The van der Waals surface area contributed by atoms with Gasteiger partial charge in [-0.05, 0) is 55.0 Å². The van der Waals surface area contributed by atoms with Gasteiger partial charge in [-0.3, -0.25) is 14.4 Å². The van der Waals surface area contributed by atoms with Crippen LogP contribution in [-0.4, -0.2) is 77.9 Å². The fourth-order valence-electron chi connectivity index (χ4n) is 4.56. The van der Waals surface area contributed by atoms with Crippen LogP contribution < -0.4 is 10.1 Å². The molecule has 0 unspecified atom stereocenters. The van der Waals surface area contributed by atoms with Crippen LogP contribution in [0.5, 0.6) is 11.5 Å². The van der Waals surface area contributed by atoms with E-state index in [1.54, 1.807) is 9.80 Å². The molecular formula is C27H33N3O5S. The smallest absolute Gasteiger partial charge is 0.239 e. The molecule has 4 rings (SSSR count). The minimum atomic E-state index is -0.365. The Balaban J connectivity index is 1.60. The minimum absolute atomic E-state index is 0.0473. The van der Waals surface area contributed by atoms with Crippen molar-refractivity contribution in [1.29, 1.82) is 0 Å². The van der Waals surface area contributed by atoms with E-state index in [2.05, 4.69) is 5.32 Å². The number of likely N-dealkylation sites (tertiary alicyclic amines) is 1. The van der Waals surface area contributed by atoms with Crippen molar-refractivity contribution < 1.29 is 23.9 Å². The lowest BCUT2D eigenvalue weighted by molar-refractivity contribution is -0.138. The molecule has 2 aliphatic rings. The van der Waals surface area contributed by atoms with E-state index in [1.807, 2.05) is 61.7 Å². The lowest BCUT2D eigenvalue weighted by atomic mass is 10.0. The molecule has 2 heterocycles. The van der Waals surface area contributed by atoms with Crippen molar-refractivity contribution in [1.82, 2.24) is 15.1 Å². The number of amides is 3. The summed E-state index contributed by atoms with van der Waals surface area (Å²) in [5.41, 5.74) is 1.77.